The molecule has 0 radical (unpaired) electrons. The van der Waals surface area contributed by atoms with Gasteiger partial charge in [-0.1, -0.05) is 96.8 Å². The largest absolute Gasteiger partial charge is 0.480 e. The first kappa shape index (κ1) is 38.8. The Balaban J connectivity index is 0.000000570. The smallest absolute Gasteiger partial charge is 0.329 e. The van der Waals surface area contributed by atoms with Crippen LogP contribution in [-0.4, -0.2) is 39.9 Å². The molecule has 2 aromatic carbocycles. The first-order valence-corrected chi connectivity index (χ1v) is 16.2. The molecule has 9 nitrogen and oxygen atoms in total. The number of rotatable bonds is 17. The molecule has 0 bridgehead atoms. The van der Waals surface area contributed by atoms with E-state index in [-0.39, 0.29) is 17.7 Å². The third-order valence-corrected chi connectivity index (χ3v) is 8.30. The highest BCUT2D eigenvalue weighted by Gasteiger charge is 2.37. The molecule has 0 spiro atoms. The fraction of sp³-hybridized carbons (Fsp3) is 0.528. The molecular weight excluding hydrogens is 568 g/mol. The Hall–Kier alpha value is -4.19. The Morgan fingerprint density at radius 3 is 1.67 bits per heavy atom. The lowest BCUT2D eigenvalue weighted by atomic mass is 9.91. The summed E-state index contributed by atoms with van der Waals surface area (Å²) in [5.74, 6) is -1.34. The minimum atomic E-state index is -1.08. The topological polar surface area (TPSA) is 148 Å². The van der Waals surface area contributed by atoms with Gasteiger partial charge in [-0.25, -0.2) is 4.79 Å². The number of hydrogen-bond acceptors (Lipinski definition) is 5. The van der Waals surface area contributed by atoms with Gasteiger partial charge in [-0.3, -0.25) is 14.4 Å². The van der Waals surface area contributed by atoms with Crippen molar-refractivity contribution in [2.75, 3.05) is 0 Å². The van der Waals surface area contributed by atoms with Crippen LogP contribution in [0.4, 0.5) is 0 Å². The van der Waals surface area contributed by atoms with Gasteiger partial charge in [0, 0.05) is 19.4 Å². The minimum Gasteiger partial charge on any atom is -0.480 e. The van der Waals surface area contributed by atoms with Gasteiger partial charge in [-0.05, 0) is 61.3 Å². The maximum absolute atomic E-state index is 12.9. The SMILES string of the molecule is CCCCC(=O)NC(CC)(CC)C(=O)NCc1ccc(-c2ccccc2C#N)cc1.CCCCC(=O)NC(CC)(CC)C(=O)O. The summed E-state index contributed by atoms with van der Waals surface area (Å²) in [4.78, 5) is 47.7. The van der Waals surface area contributed by atoms with E-state index in [1.807, 2.05) is 70.2 Å². The standard InChI is InChI=1S/C25H31N3O2.C11H21NO3/c1-4-7-12-23(29)28-25(5-2,6-3)24(30)27-18-19-13-15-20(16-14-19)22-11-9-8-10-21(22)17-26;1-4-7-8-9(13)12-11(5-2,6-3)10(14)15/h8-11,13-16H,4-7,12,18H2,1-3H3,(H,27,30)(H,28,29);4-8H2,1-3H3,(H,12,13)(H,14,15). The Labute approximate surface area is 269 Å². The predicted octanol–water partition coefficient (Wildman–Crippen LogP) is 6.64. The second kappa shape index (κ2) is 20.0. The Morgan fingerprint density at radius 2 is 1.22 bits per heavy atom. The van der Waals surface area contributed by atoms with Crippen molar-refractivity contribution in [3.63, 3.8) is 0 Å². The molecule has 4 N–H and O–H groups in total. The fourth-order valence-corrected chi connectivity index (χ4v) is 4.91. The molecule has 0 saturated heterocycles. The second-order valence-corrected chi connectivity index (χ2v) is 11.2. The van der Waals surface area contributed by atoms with E-state index in [1.54, 1.807) is 19.9 Å². The van der Waals surface area contributed by atoms with Crippen LogP contribution in [0, 0.1) is 11.3 Å². The fourth-order valence-electron chi connectivity index (χ4n) is 4.91. The molecule has 2 aromatic rings. The number of carboxylic acid groups (broad SMARTS) is 1. The van der Waals surface area contributed by atoms with E-state index in [9.17, 15) is 24.4 Å². The molecule has 0 saturated carbocycles. The molecule has 0 unspecified atom stereocenters. The minimum absolute atomic E-state index is 0.0730. The van der Waals surface area contributed by atoms with Crippen LogP contribution in [0.1, 0.15) is 117 Å². The highest BCUT2D eigenvalue weighted by atomic mass is 16.4. The summed E-state index contributed by atoms with van der Waals surface area (Å²) < 4.78 is 0. The zero-order valence-corrected chi connectivity index (χ0v) is 27.9. The van der Waals surface area contributed by atoms with Gasteiger partial charge >= 0.3 is 5.97 Å². The number of unbranched alkanes of at least 4 members (excludes halogenated alkanes) is 2. The highest BCUT2D eigenvalue weighted by molar-refractivity contribution is 5.91. The molecule has 9 heteroatoms. The number of nitrogens with one attached hydrogen (secondary N) is 3. The Kier molecular flexibility index (Phi) is 17.2. The van der Waals surface area contributed by atoms with E-state index in [0.717, 1.165) is 42.4 Å². The number of benzene rings is 2. The summed E-state index contributed by atoms with van der Waals surface area (Å²) >= 11 is 0. The summed E-state index contributed by atoms with van der Waals surface area (Å²) in [6.45, 7) is 11.8. The molecule has 0 aromatic heterocycles. The van der Waals surface area contributed by atoms with Gasteiger partial charge in [0.25, 0.3) is 0 Å². The zero-order valence-electron chi connectivity index (χ0n) is 27.9. The lowest BCUT2D eigenvalue weighted by Crippen LogP contribution is -2.58. The Morgan fingerprint density at radius 1 is 0.733 bits per heavy atom. The molecule has 0 aliphatic heterocycles. The van der Waals surface area contributed by atoms with Crippen molar-refractivity contribution in [1.82, 2.24) is 16.0 Å². The van der Waals surface area contributed by atoms with Crippen LogP contribution >= 0.6 is 0 Å². The van der Waals surface area contributed by atoms with Gasteiger partial charge in [0.05, 0.1) is 11.6 Å². The van der Waals surface area contributed by atoms with E-state index >= 15 is 0 Å². The van der Waals surface area contributed by atoms with Gasteiger partial charge in [0.15, 0.2) is 0 Å². The maximum Gasteiger partial charge on any atom is 0.329 e. The van der Waals surface area contributed by atoms with Crippen LogP contribution in [0.15, 0.2) is 48.5 Å². The average molecular weight is 621 g/mol. The second-order valence-electron chi connectivity index (χ2n) is 11.2. The number of nitriles is 1. The first-order chi connectivity index (χ1) is 21.5. The van der Waals surface area contributed by atoms with Crippen LogP contribution < -0.4 is 16.0 Å². The quantitative estimate of drug-likeness (QED) is 0.156. The third kappa shape index (κ3) is 11.7. The molecule has 246 valence electrons. The van der Waals surface area contributed by atoms with E-state index in [1.165, 1.54) is 0 Å². The van der Waals surface area contributed by atoms with Crippen molar-refractivity contribution in [3.05, 3.63) is 59.7 Å². The number of carbonyl (C=O) groups excluding carboxylic acids is 3. The summed E-state index contributed by atoms with van der Waals surface area (Å²) in [5, 5.41) is 26.9. The monoisotopic (exact) mass is 620 g/mol. The van der Waals surface area contributed by atoms with Crippen molar-refractivity contribution in [2.45, 2.75) is 123 Å². The molecule has 0 atom stereocenters. The maximum atomic E-state index is 12.9. The highest BCUT2D eigenvalue weighted by Crippen LogP contribution is 2.24. The lowest BCUT2D eigenvalue weighted by Gasteiger charge is -2.31. The summed E-state index contributed by atoms with van der Waals surface area (Å²) in [6.07, 6.45) is 6.25. The van der Waals surface area contributed by atoms with Crippen LogP contribution in [0.3, 0.4) is 0 Å². The first-order valence-electron chi connectivity index (χ1n) is 16.2. The molecule has 0 aliphatic rings. The van der Waals surface area contributed by atoms with Gasteiger partial charge in [0.1, 0.15) is 11.1 Å². The average Bonchev–Trinajstić information content (AvgIpc) is 3.07. The molecule has 0 fully saturated rings. The van der Waals surface area contributed by atoms with Crippen molar-refractivity contribution in [1.29, 1.82) is 5.26 Å². The molecule has 0 aliphatic carbocycles. The number of amides is 3. The molecule has 0 heterocycles. The van der Waals surface area contributed by atoms with E-state index in [0.29, 0.717) is 50.6 Å². The summed E-state index contributed by atoms with van der Waals surface area (Å²) in [7, 11) is 0. The van der Waals surface area contributed by atoms with Gasteiger partial charge < -0.3 is 21.1 Å². The molecular formula is C36H52N4O5. The number of aliphatic carboxylic acids is 1. The van der Waals surface area contributed by atoms with Crippen LogP contribution in [0.5, 0.6) is 0 Å². The van der Waals surface area contributed by atoms with Crippen molar-refractivity contribution in [2.24, 2.45) is 0 Å². The number of hydrogen-bond donors (Lipinski definition) is 4. The van der Waals surface area contributed by atoms with Gasteiger partial charge in [-0.15, -0.1) is 0 Å². The molecule has 2 rings (SSSR count). The number of carbonyl (C=O) groups is 4. The van der Waals surface area contributed by atoms with Crippen molar-refractivity contribution < 1.29 is 24.3 Å². The summed E-state index contributed by atoms with van der Waals surface area (Å²) in [6, 6.07) is 17.5. The van der Waals surface area contributed by atoms with Crippen LogP contribution in [0.25, 0.3) is 11.1 Å². The van der Waals surface area contributed by atoms with E-state index in [2.05, 4.69) is 22.0 Å². The van der Waals surface area contributed by atoms with Gasteiger partial charge in [0.2, 0.25) is 17.7 Å². The third-order valence-electron chi connectivity index (χ3n) is 8.30. The zero-order chi connectivity index (χ0) is 33.9. The van der Waals surface area contributed by atoms with Crippen LogP contribution in [0.2, 0.25) is 0 Å². The predicted molar refractivity (Wildman–Crippen MR) is 178 cm³/mol. The van der Waals surface area contributed by atoms with E-state index in [4.69, 9.17) is 5.11 Å². The van der Waals surface area contributed by atoms with Gasteiger partial charge in [-0.2, -0.15) is 5.26 Å². The molecule has 45 heavy (non-hydrogen) atoms. The summed E-state index contributed by atoms with van der Waals surface area (Å²) in [5.41, 5.74) is 1.48. The Bertz CT molecular complexity index is 1280. The number of nitrogens with zero attached hydrogens (tertiary/aromatic N) is 1. The lowest BCUT2D eigenvalue weighted by molar-refractivity contribution is -0.148. The van der Waals surface area contributed by atoms with E-state index < -0.39 is 17.0 Å². The van der Waals surface area contributed by atoms with Crippen LogP contribution in [-0.2, 0) is 25.7 Å². The van der Waals surface area contributed by atoms with Crippen molar-refractivity contribution in [3.8, 4) is 17.2 Å². The number of carboxylic acids is 1. The molecule has 3 amide bonds. The normalized spacial score (nSPS) is 11.0. The van der Waals surface area contributed by atoms with Crippen molar-refractivity contribution >= 4 is 23.7 Å².